The number of halogens is 3. The summed E-state index contributed by atoms with van der Waals surface area (Å²) in [4.78, 5) is 0. The predicted molar refractivity (Wildman–Crippen MR) is 76.2 cm³/mol. The van der Waals surface area contributed by atoms with Crippen molar-refractivity contribution in [3.05, 3.63) is 62.8 Å². The minimum Gasteiger partial charge on any atom is -0.497 e. The van der Waals surface area contributed by atoms with Crippen LogP contribution in [0.2, 0.25) is 5.02 Å². The van der Waals surface area contributed by atoms with Crippen LogP contribution in [0.4, 0.5) is 4.39 Å². The van der Waals surface area contributed by atoms with Crippen molar-refractivity contribution in [2.75, 3.05) is 7.11 Å². The molecule has 0 spiro atoms. The summed E-state index contributed by atoms with van der Waals surface area (Å²) in [6.07, 6.45) is -0.985. The van der Waals surface area contributed by atoms with E-state index in [9.17, 15) is 9.50 Å². The molecule has 2 nitrogen and oxygen atoms in total. The Labute approximate surface area is 123 Å². The highest BCUT2D eigenvalue weighted by Gasteiger charge is 2.16. The van der Waals surface area contributed by atoms with Crippen LogP contribution in [-0.4, -0.2) is 12.2 Å². The van der Waals surface area contributed by atoms with E-state index in [4.69, 9.17) is 16.3 Å². The quantitative estimate of drug-likeness (QED) is 0.897. The van der Waals surface area contributed by atoms with Gasteiger partial charge in [0.25, 0.3) is 0 Å². The van der Waals surface area contributed by atoms with Gasteiger partial charge >= 0.3 is 0 Å². The lowest BCUT2D eigenvalue weighted by atomic mass is 10.0. The average Bonchev–Trinajstić information content (AvgIpc) is 2.41. The third kappa shape index (κ3) is 3.08. The number of methoxy groups -OCH3 is 1. The van der Waals surface area contributed by atoms with Crippen LogP contribution in [-0.2, 0) is 0 Å². The molecular formula is C14H11BrClFO2. The van der Waals surface area contributed by atoms with Crippen molar-refractivity contribution in [2.24, 2.45) is 0 Å². The van der Waals surface area contributed by atoms with Gasteiger partial charge in [-0.25, -0.2) is 4.39 Å². The van der Waals surface area contributed by atoms with Crippen molar-refractivity contribution in [1.82, 2.24) is 0 Å². The number of aliphatic hydroxyl groups is 1. The van der Waals surface area contributed by atoms with Gasteiger partial charge in [0.1, 0.15) is 17.7 Å². The zero-order valence-corrected chi connectivity index (χ0v) is 12.4. The van der Waals surface area contributed by atoms with Gasteiger partial charge in [0.05, 0.1) is 16.6 Å². The molecule has 0 aliphatic rings. The zero-order chi connectivity index (χ0) is 14.0. The van der Waals surface area contributed by atoms with Crippen molar-refractivity contribution in [1.29, 1.82) is 0 Å². The Morgan fingerprint density at radius 3 is 2.58 bits per heavy atom. The summed E-state index contributed by atoms with van der Waals surface area (Å²) >= 11 is 9.15. The molecule has 2 rings (SSSR count). The molecule has 0 saturated carbocycles. The first-order chi connectivity index (χ1) is 9.02. The highest BCUT2D eigenvalue weighted by molar-refractivity contribution is 9.10. The standard InChI is InChI=1S/C14H11BrClFO2/c1-19-9-3-4-10(12(16)7-9)14(18)8-2-5-11(15)13(17)6-8/h2-7,14,18H,1H3. The second-order valence-electron chi connectivity index (χ2n) is 3.96. The Kier molecular flexibility index (Phi) is 4.45. The van der Waals surface area contributed by atoms with Gasteiger partial charge in [0, 0.05) is 5.56 Å². The molecule has 2 aromatic rings. The van der Waals surface area contributed by atoms with E-state index in [1.807, 2.05) is 0 Å². The molecule has 0 aromatic heterocycles. The van der Waals surface area contributed by atoms with Crippen LogP contribution in [0, 0.1) is 5.82 Å². The molecular weight excluding hydrogens is 335 g/mol. The average molecular weight is 346 g/mol. The Morgan fingerprint density at radius 2 is 2.00 bits per heavy atom. The van der Waals surface area contributed by atoms with E-state index in [2.05, 4.69) is 15.9 Å². The normalized spacial score (nSPS) is 12.3. The smallest absolute Gasteiger partial charge is 0.137 e. The van der Waals surface area contributed by atoms with Crippen molar-refractivity contribution in [3.8, 4) is 5.75 Å². The summed E-state index contributed by atoms with van der Waals surface area (Å²) in [7, 11) is 1.53. The number of aliphatic hydroxyl groups excluding tert-OH is 1. The maximum atomic E-state index is 13.5. The molecule has 0 aliphatic carbocycles. The molecule has 5 heteroatoms. The topological polar surface area (TPSA) is 29.5 Å². The molecule has 2 aromatic carbocycles. The zero-order valence-electron chi connectivity index (χ0n) is 10.0. The largest absolute Gasteiger partial charge is 0.497 e. The molecule has 0 saturated heterocycles. The molecule has 19 heavy (non-hydrogen) atoms. The molecule has 0 fully saturated rings. The number of hydrogen-bond donors (Lipinski definition) is 1. The van der Waals surface area contributed by atoms with Crippen LogP contribution in [0.5, 0.6) is 5.75 Å². The van der Waals surface area contributed by atoms with E-state index in [0.717, 1.165) is 0 Å². The second kappa shape index (κ2) is 5.90. The maximum absolute atomic E-state index is 13.5. The second-order valence-corrected chi connectivity index (χ2v) is 5.23. The highest BCUT2D eigenvalue weighted by Crippen LogP contribution is 2.32. The van der Waals surface area contributed by atoms with Crippen molar-refractivity contribution in [2.45, 2.75) is 6.10 Å². The monoisotopic (exact) mass is 344 g/mol. The number of benzene rings is 2. The van der Waals surface area contributed by atoms with Crippen LogP contribution in [0.1, 0.15) is 17.2 Å². The summed E-state index contributed by atoms with van der Waals surface area (Å²) in [5, 5.41) is 10.6. The van der Waals surface area contributed by atoms with Gasteiger partial charge in [-0.05, 0) is 45.8 Å². The first-order valence-electron chi connectivity index (χ1n) is 5.49. The molecule has 1 unspecified atom stereocenters. The molecule has 100 valence electrons. The fourth-order valence-corrected chi connectivity index (χ4v) is 2.24. The van der Waals surface area contributed by atoms with E-state index >= 15 is 0 Å². The number of hydrogen-bond acceptors (Lipinski definition) is 2. The van der Waals surface area contributed by atoms with Gasteiger partial charge in [-0.2, -0.15) is 0 Å². The van der Waals surface area contributed by atoms with Gasteiger partial charge < -0.3 is 9.84 Å². The van der Waals surface area contributed by atoms with E-state index < -0.39 is 11.9 Å². The summed E-state index contributed by atoms with van der Waals surface area (Å²) in [5.74, 6) is 0.170. The lowest BCUT2D eigenvalue weighted by molar-refractivity contribution is 0.219. The third-order valence-electron chi connectivity index (χ3n) is 2.76. The first-order valence-corrected chi connectivity index (χ1v) is 6.66. The Morgan fingerprint density at radius 1 is 1.26 bits per heavy atom. The van der Waals surface area contributed by atoms with Crippen molar-refractivity contribution >= 4 is 27.5 Å². The fourth-order valence-electron chi connectivity index (χ4n) is 1.72. The molecule has 0 bridgehead atoms. The van der Waals surface area contributed by atoms with Gasteiger partial charge in [0.15, 0.2) is 0 Å². The summed E-state index contributed by atoms with van der Waals surface area (Å²) in [6.45, 7) is 0. The Bertz CT molecular complexity index is 604. The Hall–Kier alpha value is -1.10. The maximum Gasteiger partial charge on any atom is 0.137 e. The van der Waals surface area contributed by atoms with Crippen molar-refractivity contribution in [3.63, 3.8) is 0 Å². The molecule has 0 radical (unpaired) electrons. The number of ether oxygens (including phenoxy) is 1. The molecule has 0 heterocycles. The summed E-state index contributed by atoms with van der Waals surface area (Å²) in [5.41, 5.74) is 0.942. The van der Waals surface area contributed by atoms with Crippen LogP contribution in [0.25, 0.3) is 0 Å². The van der Waals surface area contributed by atoms with Crippen LogP contribution in [0.3, 0.4) is 0 Å². The Balaban J connectivity index is 2.38. The van der Waals surface area contributed by atoms with Crippen LogP contribution in [0.15, 0.2) is 40.9 Å². The van der Waals surface area contributed by atoms with Gasteiger partial charge in [-0.1, -0.05) is 23.7 Å². The van der Waals surface area contributed by atoms with Crippen molar-refractivity contribution < 1.29 is 14.2 Å². The third-order valence-corrected chi connectivity index (χ3v) is 3.73. The minimum atomic E-state index is -0.985. The first kappa shape index (κ1) is 14.3. The summed E-state index contributed by atoms with van der Waals surface area (Å²) in [6, 6.07) is 9.42. The lowest BCUT2D eigenvalue weighted by Gasteiger charge is -2.14. The van der Waals surface area contributed by atoms with Gasteiger partial charge in [0.2, 0.25) is 0 Å². The van der Waals surface area contributed by atoms with Crippen LogP contribution >= 0.6 is 27.5 Å². The van der Waals surface area contributed by atoms with Crippen LogP contribution < -0.4 is 4.74 Å². The van der Waals surface area contributed by atoms with Gasteiger partial charge in [-0.15, -0.1) is 0 Å². The molecule has 0 amide bonds. The highest BCUT2D eigenvalue weighted by atomic mass is 79.9. The molecule has 1 atom stereocenters. The van der Waals surface area contributed by atoms with E-state index in [-0.39, 0.29) is 0 Å². The minimum absolute atomic E-state index is 0.351. The fraction of sp³-hybridized carbons (Fsp3) is 0.143. The lowest BCUT2D eigenvalue weighted by Crippen LogP contribution is -2.01. The molecule has 1 N–H and O–H groups in total. The summed E-state index contributed by atoms with van der Waals surface area (Å²) < 4.78 is 18.9. The van der Waals surface area contributed by atoms with Gasteiger partial charge in [-0.3, -0.25) is 0 Å². The van der Waals surface area contributed by atoms with E-state index in [0.29, 0.717) is 26.4 Å². The SMILES string of the molecule is COc1ccc(C(O)c2ccc(Br)c(F)c2)c(Cl)c1. The van der Waals surface area contributed by atoms with E-state index in [1.54, 1.807) is 30.3 Å². The van der Waals surface area contributed by atoms with E-state index in [1.165, 1.54) is 13.2 Å². The number of rotatable bonds is 3. The molecule has 0 aliphatic heterocycles. The predicted octanol–water partition coefficient (Wildman–Crippen LogP) is 4.33.